The molecule has 0 amide bonds. The molecule has 0 N–H and O–H groups in total. The second-order valence-electron chi connectivity index (χ2n) is 7.91. The van der Waals surface area contributed by atoms with Crippen LogP contribution in [0.2, 0.25) is 5.02 Å². The van der Waals surface area contributed by atoms with Crippen molar-refractivity contribution < 1.29 is 23.8 Å². The van der Waals surface area contributed by atoms with E-state index >= 15 is 0 Å². The fourth-order valence-electron chi connectivity index (χ4n) is 3.03. The molecule has 0 aliphatic carbocycles. The Bertz CT molecular complexity index is 1090. The van der Waals surface area contributed by atoms with Crippen LogP contribution in [0.5, 0.6) is 17.2 Å². The first-order valence-corrected chi connectivity index (χ1v) is 10.7. The topological polar surface area (TPSA) is 61.8 Å². The van der Waals surface area contributed by atoms with E-state index in [1.165, 1.54) is 0 Å². The van der Waals surface area contributed by atoms with Gasteiger partial charge in [0.25, 0.3) is 0 Å². The van der Waals surface area contributed by atoms with Gasteiger partial charge >= 0.3 is 12.1 Å². The van der Waals surface area contributed by atoms with Crippen molar-refractivity contribution >= 4 is 23.7 Å². The highest BCUT2D eigenvalue weighted by Crippen LogP contribution is 2.40. The average Bonchev–Trinajstić information content (AvgIpc) is 2.75. The van der Waals surface area contributed by atoms with Gasteiger partial charge in [0.2, 0.25) is 0 Å². The van der Waals surface area contributed by atoms with Crippen LogP contribution in [0.25, 0.3) is 0 Å². The van der Waals surface area contributed by atoms with Crippen molar-refractivity contribution in [2.75, 3.05) is 0 Å². The fraction of sp³-hybridized carbons (Fsp3) is 0.231. The van der Waals surface area contributed by atoms with Crippen LogP contribution in [0.1, 0.15) is 61.0 Å². The Labute approximate surface area is 192 Å². The Hall–Kier alpha value is -3.31. The Balaban J connectivity index is 1.97. The van der Waals surface area contributed by atoms with E-state index in [1.807, 2.05) is 39.8 Å². The number of rotatable bonds is 6. The van der Waals surface area contributed by atoms with Crippen LogP contribution >= 0.6 is 11.6 Å². The lowest BCUT2D eigenvalue weighted by molar-refractivity contribution is 0.0726. The number of ether oxygens (including phenoxy) is 3. The van der Waals surface area contributed by atoms with Crippen molar-refractivity contribution in [3.63, 3.8) is 0 Å². The fourth-order valence-corrected chi connectivity index (χ4v) is 3.15. The van der Waals surface area contributed by atoms with Crippen LogP contribution in [-0.2, 0) is 0 Å². The van der Waals surface area contributed by atoms with Gasteiger partial charge in [0.1, 0.15) is 5.75 Å². The summed E-state index contributed by atoms with van der Waals surface area (Å²) in [6.45, 7) is 8.02. The summed E-state index contributed by atoms with van der Waals surface area (Å²) in [6.07, 6.45) is -0.917. The maximum Gasteiger partial charge on any atom is 0.519 e. The molecule has 3 aromatic carbocycles. The maximum absolute atomic E-state index is 12.8. The first-order valence-electron chi connectivity index (χ1n) is 10.3. The molecule has 0 saturated carbocycles. The van der Waals surface area contributed by atoms with Crippen molar-refractivity contribution in [1.82, 2.24) is 0 Å². The first-order chi connectivity index (χ1) is 15.2. The minimum Gasteiger partial charge on any atom is -0.419 e. The lowest BCUT2D eigenvalue weighted by Gasteiger charge is -2.19. The van der Waals surface area contributed by atoms with Crippen LogP contribution in [0, 0.1) is 0 Å². The van der Waals surface area contributed by atoms with Gasteiger partial charge in [0, 0.05) is 10.6 Å². The minimum atomic E-state index is -0.917. The van der Waals surface area contributed by atoms with Crippen molar-refractivity contribution in [3.8, 4) is 17.2 Å². The molecule has 0 bridgehead atoms. The van der Waals surface area contributed by atoms with E-state index in [1.54, 1.807) is 54.6 Å². The number of hydrogen-bond donors (Lipinski definition) is 0. The molecule has 0 aliphatic heterocycles. The number of carbonyl (C=O) groups excluding carboxylic acids is 2. The van der Waals surface area contributed by atoms with Crippen LogP contribution in [0.15, 0.2) is 66.7 Å². The standard InChI is InChI=1S/C26H25ClO5/c1-16(2)19-14-22(17(3)4)24(32-26(29)30-21-8-6-5-7-9-21)23(15-19)31-25(28)18-10-12-20(27)13-11-18/h5-17H,1-4H3. The Kier molecular flexibility index (Phi) is 7.54. The molecule has 0 unspecified atom stereocenters. The van der Waals surface area contributed by atoms with Gasteiger partial charge < -0.3 is 14.2 Å². The van der Waals surface area contributed by atoms with E-state index in [0.717, 1.165) is 11.1 Å². The summed E-state index contributed by atoms with van der Waals surface area (Å²) in [5.74, 6) is 0.255. The molecule has 0 fully saturated rings. The summed E-state index contributed by atoms with van der Waals surface area (Å²) in [5, 5.41) is 0.512. The Morgan fingerprint density at radius 1 is 0.781 bits per heavy atom. The second kappa shape index (κ2) is 10.3. The smallest absolute Gasteiger partial charge is 0.419 e. The van der Waals surface area contributed by atoms with Gasteiger partial charge in [-0.25, -0.2) is 9.59 Å². The maximum atomic E-state index is 12.8. The van der Waals surface area contributed by atoms with Crippen molar-refractivity contribution in [1.29, 1.82) is 0 Å². The summed E-state index contributed by atoms with van der Waals surface area (Å²) in [6, 6.07) is 18.6. The predicted octanol–water partition coefficient (Wildman–Crippen LogP) is 7.38. The van der Waals surface area contributed by atoms with Crippen LogP contribution in [0.3, 0.4) is 0 Å². The molecule has 0 saturated heterocycles. The Morgan fingerprint density at radius 3 is 2.03 bits per heavy atom. The molecule has 0 atom stereocenters. The van der Waals surface area contributed by atoms with Crippen LogP contribution < -0.4 is 14.2 Å². The highest BCUT2D eigenvalue weighted by atomic mass is 35.5. The normalized spacial score (nSPS) is 10.8. The van der Waals surface area contributed by atoms with Gasteiger partial charge in [-0.2, -0.15) is 0 Å². The zero-order valence-corrected chi connectivity index (χ0v) is 19.2. The summed E-state index contributed by atoms with van der Waals surface area (Å²) >= 11 is 5.91. The monoisotopic (exact) mass is 452 g/mol. The lowest BCUT2D eigenvalue weighted by Crippen LogP contribution is -2.17. The minimum absolute atomic E-state index is 0.00112. The van der Waals surface area contributed by atoms with E-state index in [9.17, 15) is 9.59 Å². The molecule has 0 spiro atoms. The third-order valence-electron chi connectivity index (χ3n) is 4.81. The van der Waals surface area contributed by atoms with Gasteiger partial charge in [-0.15, -0.1) is 0 Å². The number of halogens is 1. The molecular formula is C26H25ClO5. The number of esters is 1. The third-order valence-corrected chi connectivity index (χ3v) is 5.06. The Morgan fingerprint density at radius 2 is 1.44 bits per heavy atom. The molecule has 5 nitrogen and oxygen atoms in total. The average molecular weight is 453 g/mol. The zero-order valence-electron chi connectivity index (χ0n) is 18.4. The van der Waals surface area contributed by atoms with E-state index in [2.05, 4.69) is 0 Å². The van der Waals surface area contributed by atoms with Crippen molar-refractivity contribution in [3.05, 3.63) is 88.4 Å². The molecule has 0 radical (unpaired) electrons. The van der Waals surface area contributed by atoms with E-state index in [4.69, 9.17) is 25.8 Å². The zero-order chi connectivity index (χ0) is 23.3. The summed E-state index contributed by atoms with van der Waals surface area (Å²) in [4.78, 5) is 25.3. The van der Waals surface area contributed by atoms with Gasteiger partial charge in [0.05, 0.1) is 5.56 Å². The summed E-state index contributed by atoms with van der Waals surface area (Å²) in [5.41, 5.74) is 2.02. The highest BCUT2D eigenvalue weighted by molar-refractivity contribution is 6.30. The SMILES string of the molecule is CC(C)c1cc(OC(=O)c2ccc(Cl)cc2)c(OC(=O)Oc2ccccc2)c(C(C)C)c1. The van der Waals surface area contributed by atoms with Crippen LogP contribution in [-0.4, -0.2) is 12.1 Å². The van der Waals surface area contributed by atoms with E-state index < -0.39 is 12.1 Å². The molecule has 0 aliphatic rings. The number of benzene rings is 3. The lowest BCUT2D eigenvalue weighted by atomic mass is 9.94. The molecule has 3 rings (SSSR count). The molecular weight excluding hydrogens is 428 g/mol. The van der Waals surface area contributed by atoms with Gasteiger partial charge in [0.15, 0.2) is 11.5 Å². The first kappa shape index (κ1) is 23.4. The molecule has 3 aromatic rings. The predicted molar refractivity (Wildman–Crippen MR) is 124 cm³/mol. The van der Waals surface area contributed by atoms with Gasteiger partial charge in [-0.05, 0) is 59.9 Å². The van der Waals surface area contributed by atoms with Crippen molar-refractivity contribution in [2.24, 2.45) is 0 Å². The van der Waals surface area contributed by atoms with Crippen LogP contribution in [0.4, 0.5) is 4.79 Å². The molecule has 32 heavy (non-hydrogen) atoms. The molecule has 166 valence electrons. The molecule has 6 heteroatoms. The van der Waals surface area contributed by atoms with Gasteiger partial charge in [-0.1, -0.05) is 63.6 Å². The van der Waals surface area contributed by atoms with E-state index in [-0.39, 0.29) is 23.3 Å². The molecule has 0 aromatic heterocycles. The number of hydrogen-bond acceptors (Lipinski definition) is 5. The van der Waals surface area contributed by atoms with E-state index in [0.29, 0.717) is 16.3 Å². The second-order valence-corrected chi connectivity index (χ2v) is 8.35. The van der Waals surface area contributed by atoms with Gasteiger partial charge in [-0.3, -0.25) is 0 Å². The van der Waals surface area contributed by atoms with Crippen molar-refractivity contribution in [2.45, 2.75) is 39.5 Å². The highest BCUT2D eigenvalue weighted by Gasteiger charge is 2.23. The third kappa shape index (κ3) is 5.89. The summed E-state index contributed by atoms with van der Waals surface area (Å²) in [7, 11) is 0. The number of carbonyl (C=O) groups is 2. The largest absolute Gasteiger partial charge is 0.519 e. The molecule has 0 heterocycles. The summed E-state index contributed by atoms with van der Waals surface area (Å²) < 4.78 is 16.5. The number of para-hydroxylation sites is 1. The quantitative estimate of drug-likeness (QED) is 0.222.